The summed E-state index contributed by atoms with van der Waals surface area (Å²) in [6.07, 6.45) is 5.23. The fourth-order valence-corrected chi connectivity index (χ4v) is 9.11. The minimum absolute atomic E-state index is 0.0581. The number of allylic oxidation sites excluding steroid dienone is 1. The zero-order chi connectivity index (χ0) is 39.6. The van der Waals surface area contributed by atoms with Crippen LogP contribution < -0.4 is 10.6 Å². The maximum Gasteiger partial charge on any atom is 0.342 e. The summed E-state index contributed by atoms with van der Waals surface area (Å²) in [4.78, 5) is 59.0. The van der Waals surface area contributed by atoms with E-state index in [1.807, 2.05) is 6.92 Å². The number of ether oxygens (including phenoxy) is 1. The molecule has 4 N–H and O–H groups in total. The van der Waals surface area contributed by atoms with Gasteiger partial charge in [0.1, 0.15) is 29.9 Å². The smallest absolute Gasteiger partial charge is 0.342 e. The van der Waals surface area contributed by atoms with Crippen LogP contribution in [0, 0.1) is 42.4 Å². The molecule has 14 heteroatoms. The summed E-state index contributed by atoms with van der Waals surface area (Å²) in [7, 11) is -4.57. The molecule has 2 fully saturated rings. The van der Waals surface area contributed by atoms with Gasteiger partial charge < -0.3 is 20.4 Å². The van der Waals surface area contributed by atoms with Crippen molar-refractivity contribution in [1.29, 1.82) is 0 Å². The standard InChI is InChI=1S/C40H54N4O9S/c1-20-13-22(3)35(23(4)14-20)52-40(47)34-27(8)33(43-38(34)44-39(46)29-11-10-12-30(17-29)54(48,49)50)18-32-26(7)31(37(42-32)41-28(9)45)19-51-53-36-24(5)15-21(2)16-25(36)6/h10-12,17-18,20-25,35-36,42H,13-16,19H2,1-9H3,(H,41,45)(H,43,44,46)(H,48,49,50). The molecule has 54 heavy (non-hydrogen) atoms. The lowest BCUT2D eigenvalue weighted by Crippen LogP contribution is -2.40. The summed E-state index contributed by atoms with van der Waals surface area (Å²) in [6, 6.07) is 4.91. The van der Waals surface area contributed by atoms with Crippen LogP contribution in [0.15, 0.2) is 51.0 Å². The van der Waals surface area contributed by atoms with Gasteiger partial charge in [-0.1, -0.05) is 47.6 Å². The molecule has 0 spiro atoms. The van der Waals surface area contributed by atoms with Gasteiger partial charge in [0.05, 0.1) is 16.7 Å². The number of aromatic nitrogens is 1. The Kier molecular flexibility index (Phi) is 12.7. The Morgan fingerprint density at radius 2 is 1.52 bits per heavy atom. The molecular weight excluding hydrogens is 713 g/mol. The lowest BCUT2D eigenvalue weighted by atomic mass is 9.75. The van der Waals surface area contributed by atoms with Gasteiger partial charge in [-0.15, -0.1) is 0 Å². The number of aliphatic imine (C=N–C) groups is 1. The first-order valence-corrected chi connectivity index (χ1v) is 20.2. The Balaban J connectivity index is 1.48. The van der Waals surface area contributed by atoms with E-state index in [1.54, 1.807) is 13.0 Å². The van der Waals surface area contributed by atoms with Gasteiger partial charge in [-0.2, -0.15) is 8.42 Å². The highest BCUT2D eigenvalue weighted by Crippen LogP contribution is 2.38. The number of H-pyrrole nitrogens is 1. The third-order valence-corrected chi connectivity index (χ3v) is 11.9. The van der Waals surface area contributed by atoms with Gasteiger partial charge in [-0.25, -0.2) is 19.6 Å². The molecule has 4 unspecified atom stereocenters. The topological polar surface area (TPSA) is 185 Å². The summed E-state index contributed by atoms with van der Waals surface area (Å²) in [6.45, 7) is 17.9. The molecule has 2 saturated carbocycles. The van der Waals surface area contributed by atoms with Crippen LogP contribution in [0.4, 0.5) is 5.82 Å². The zero-order valence-corrected chi connectivity index (χ0v) is 33.4. The largest absolute Gasteiger partial charge is 0.458 e. The SMILES string of the molecule is CC(=O)Nc1[nH]c(C=C2N=C(NC(=O)c3cccc(S(=O)(=O)O)c3)C(C(=O)OC3C(C)CC(C)CC3C)=C2C)c(C)c1COOC1C(C)CC(C)CC1C. The first-order chi connectivity index (χ1) is 25.3. The summed E-state index contributed by atoms with van der Waals surface area (Å²) < 4.78 is 39.3. The van der Waals surface area contributed by atoms with Crippen molar-refractivity contribution in [3.8, 4) is 0 Å². The van der Waals surface area contributed by atoms with E-state index in [1.165, 1.54) is 19.1 Å². The third-order valence-electron chi connectivity index (χ3n) is 11.0. The lowest BCUT2D eigenvalue weighted by Gasteiger charge is -2.37. The number of aromatic amines is 1. The highest BCUT2D eigenvalue weighted by molar-refractivity contribution is 7.85. The normalized spacial score (nSPS) is 28.2. The van der Waals surface area contributed by atoms with E-state index >= 15 is 0 Å². The molecule has 13 nitrogen and oxygen atoms in total. The van der Waals surface area contributed by atoms with Crippen LogP contribution in [0.2, 0.25) is 0 Å². The van der Waals surface area contributed by atoms with Crippen molar-refractivity contribution < 1.29 is 41.9 Å². The highest BCUT2D eigenvalue weighted by atomic mass is 32.2. The van der Waals surface area contributed by atoms with Crippen LogP contribution in [0.25, 0.3) is 6.08 Å². The number of nitrogens with one attached hydrogen (secondary N) is 3. The fraction of sp³-hybridized carbons (Fsp3) is 0.550. The lowest BCUT2D eigenvalue weighted by molar-refractivity contribution is -0.354. The second-order valence-corrected chi connectivity index (χ2v) is 17.3. The highest BCUT2D eigenvalue weighted by Gasteiger charge is 2.38. The number of anilines is 1. The van der Waals surface area contributed by atoms with Crippen molar-refractivity contribution in [1.82, 2.24) is 10.3 Å². The molecule has 294 valence electrons. The van der Waals surface area contributed by atoms with E-state index in [0.717, 1.165) is 43.4 Å². The van der Waals surface area contributed by atoms with Crippen LogP contribution in [0.1, 0.15) is 108 Å². The van der Waals surface area contributed by atoms with Gasteiger partial charge in [0.25, 0.3) is 16.0 Å². The number of hydrogen-bond donors (Lipinski definition) is 4. The Morgan fingerprint density at radius 1 is 0.926 bits per heavy atom. The van der Waals surface area contributed by atoms with E-state index in [9.17, 15) is 27.4 Å². The molecule has 5 rings (SSSR count). The molecule has 2 aliphatic carbocycles. The van der Waals surface area contributed by atoms with E-state index in [0.29, 0.717) is 52.0 Å². The van der Waals surface area contributed by atoms with Crippen LogP contribution in [0.3, 0.4) is 0 Å². The minimum atomic E-state index is -4.57. The predicted octanol–water partition coefficient (Wildman–Crippen LogP) is 7.16. The summed E-state index contributed by atoms with van der Waals surface area (Å²) in [5, 5.41) is 5.51. The molecule has 0 saturated heterocycles. The zero-order valence-electron chi connectivity index (χ0n) is 32.6. The van der Waals surface area contributed by atoms with Gasteiger partial charge >= 0.3 is 5.97 Å². The second-order valence-electron chi connectivity index (χ2n) is 15.9. The molecule has 2 heterocycles. The molecule has 0 radical (unpaired) electrons. The number of rotatable bonds is 10. The minimum Gasteiger partial charge on any atom is -0.458 e. The van der Waals surface area contributed by atoms with E-state index in [2.05, 4.69) is 62.2 Å². The van der Waals surface area contributed by atoms with Crippen LogP contribution >= 0.6 is 0 Å². The maximum atomic E-state index is 14.0. The molecule has 0 bridgehead atoms. The predicted molar refractivity (Wildman–Crippen MR) is 205 cm³/mol. The van der Waals surface area contributed by atoms with Gasteiger partial charge in [0.2, 0.25) is 5.91 Å². The Morgan fingerprint density at radius 3 is 2.09 bits per heavy atom. The summed E-state index contributed by atoms with van der Waals surface area (Å²) in [5.74, 6) is 0.707. The molecular formula is C40H54N4O9S. The van der Waals surface area contributed by atoms with Crippen LogP contribution in [0.5, 0.6) is 0 Å². The number of amides is 2. The van der Waals surface area contributed by atoms with Crippen molar-refractivity contribution in [2.75, 3.05) is 5.32 Å². The van der Waals surface area contributed by atoms with Crippen LogP contribution in [-0.4, -0.2) is 53.8 Å². The molecule has 3 aliphatic rings. The Bertz CT molecular complexity index is 1960. The quantitative estimate of drug-likeness (QED) is 0.0843. The number of esters is 1. The average molecular weight is 767 g/mol. The molecule has 2 aromatic rings. The van der Waals surface area contributed by atoms with Crippen LogP contribution in [-0.2, 0) is 40.8 Å². The maximum absolute atomic E-state index is 14.0. The van der Waals surface area contributed by atoms with E-state index in [4.69, 9.17) is 14.5 Å². The third kappa shape index (κ3) is 9.39. The number of amidine groups is 1. The number of nitrogens with zero attached hydrogens (tertiary/aromatic N) is 1. The van der Waals surface area contributed by atoms with Crippen molar-refractivity contribution in [2.24, 2.45) is 40.5 Å². The number of carbonyl (C=O) groups is 3. The summed E-state index contributed by atoms with van der Waals surface area (Å²) >= 11 is 0. The van der Waals surface area contributed by atoms with Crippen molar-refractivity contribution in [2.45, 2.75) is 112 Å². The molecule has 1 aliphatic heterocycles. The van der Waals surface area contributed by atoms with Crippen molar-refractivity contribution in [3.63, 3.8) is 0 Å². The molecule has 1 aromatic heterocycles. The average Bonchev–Trinajstić information content (AvgIpc) is 3.52. The van der Waals surface area contributed by atoms with Gasteiger partial charge in [0, 0.05) is 23.7 Å². The van der Waals surface area contributed by atoms with E-state index in [-0.39, 0.29) is 53.5 Å². The molecule has 2 amide bonds. The van der Waals surface area contributed by atoms with Crippen molar-refractivity contribution >= 4 is 45.6 Å². The summed E-state index contributed by atoms with van der Waals surface area (Å²) in [5.41, 5.74) is 2.78. The Hall–Kier alpha value is -4.11. The number of benzene rings is 1. The van der Waals surface area contributed by atoms with Gasteiger partial charge in [0.15, 0.2) is 0 Å². The van der Waals surface area contributed by atoms with Gasteiger partial charge in [-0.05, 0) is 110 Å². The van der Waals surface area contributed by atoms with E-state index < -0.39 is 26.9 Å². The molecule has 4 atom stereocenters. The second kappa shape index (κ2) is 16.7. The first kappa shape index (κ1) is 41.1. The van der Waals surface area contributed by atoms with Gasteiger partial charge in [-0.3, -0.25) is 14.1 Å². The fourth-order valence-electron chi connectivity index (χ4n) is 8.59. The Labute approximate surface area is 318 Å². The number of carbonyl (C=O) groups excluding carboxylic acids is 3. The monoisotopic (exact) mass is 766 g/mol. The number of hydrogen-bond acceptors (Lipinski definition) is 9. The van der Waals surface area contributed by atoms with Crippen molar-refractivity contribution in [3.05, 3.63) is 63.5 Å². The molecule has 1 aromatic carbocycles. The first-order valence-electron chi connectivity index (χ1n) is 18.7.